The number of hydrogen-bond donors (Lipinski definition) is 4. The number of carbonyl (C=O) groups excluding carboxylic acids is 2. The maximum absolute atomic E-state index is 10.2. The first-order valence-electron chi connectivity index (χ1n) is 2.73. The van der Waals surface area contributed by atoms with Gasteiger partial charge in [0.2, 0.25) is 5.12 Å². The molecule has 0 radical (unpaired) electrons. The Labute approximate surface area is 68.1 Å². The molecule has 0 aliphatic carbocycles. The summed E-state index contributed by atoms with van der Waals surface area (Å²) in [5, 5.41) is 25.0. The van der Waals surface area contributed by atoms with Crippen LogP contribution in [0.4, 0.5) is 0 Å². The summed E-state index contributed by atoms with van der Waals surface area (Å²) in [5.74, 6) is 0. The van der Waals surface area contributed by atoms with E-state index in [1.54, 1.807) is 0 Å². The van der Waals surface area contributed by atoms with Crippen LogP contribution in [-0.4, -0.2) is 45.0 Å². The fourth-order valence-electron chi connectivity index (χ4n) is 0.413. The van der Waals surface area contributed by atoms with E-state index in [0.29, 0.717) is 0 Å². The third-order valence-corrected chi connectivity index (χ3v) is 1.33. The fraction of sp³-hybridized carbons (Fsp3) is 0.600. The first-order valence-corrected chi connectivity index (χ1v) is 3.17. The Morgan fingerprint density at radius 3 is 2.09 bits per heavy atom. The topological polar surface area (TPSA) is 94.8 Å². The number of rotatable bonds is 4. The highest BCUT2D eigenvalue weighted by Crippen LogP contribution is 2.01. The minimum absolute atomic E-state index is 0.0185. The van der Waals surface area contributed by atoms with Gasteiger partial charge in [-0.25, -0.2) is 0 Å². The molecular weight excluding hydrogens is 172 g/mol. The Morgan fingerprint density at radius 1 is 1.36 bits per heavy atom. The zero-order valence-electron chi connectivity index (χ0n) is 5.41. The molecule has 0 spiro atoms. The SMILES string of the molecule is O=C[C@@H](O)[C@H](O)[C@H](O)C(=O)S. The zero-order chi connectivity index (χ0) is 9.02. The first-order chi connectivity index (χ1) is 5.00. The van der Waals surface area contributed by atoms with E-state index in [-0.39, 0.29) is 6.29 Å². The predicted octanol–water partition coefficient (Wildman–Crippen LogP) is -2.28. The molecule has 5 nitrogen and oxygen atoms in total. The maximum atomic E-state index is 10.2. The highest BCUT2D eigenvalue weighted by atomic mass is 32.1. The van der Waals surface area contributed by atoms with Gasteiger partial charge >= 0.3 is 0 Å². The molecule has 3 N–H and O–H groups in total. The van der Waals surface area contributed by atoms with Crippen molar-refractivity contribution in [3.05, 3.63) is 0 Å². The average molecular weight is 180 g/mol. The molecule has 3 atom stereocenters. The van der Waals surface area contributed by atoms with Crippen molar-refractivity contribution in [2.45, 2.75) is 18.3 Å². The number of aliphatic hydroxyl groups is 3. The van der Waals surface area contributed by atoms with Crippen molar-refractivity contribution in [2.75, 3.05) is 0 Å². The summed E-state index contributed by atoms with van der Waals surface area (Å²) in [6.45, 7) is 0. The van der Waals surface area contributed by atoms with Crippen molar-refractivity contribution in [2.24, 2.45) is 0 Å². The first kappa shape index (κ1) is 10.6. The lowest BCUT2D eigenvalue weighted by Crippen LogP contribution is -2.41. The van der Waals surface area contributed by atoms with Gasteiger partial charge in [0.15, 0.2) is 12.4 Å². The Bertz CT molecular complexity index is 159. The van der Waals surface area contributed by atoms with Crippen molar-refractivity contribution in [1.29, 1.82) is 0 Å². The van der Waals surface area contributed by atoms with Crippen LogP contribution in [0.2, 0.25) is 0 Å². The molecule has 0 saturated heterocycles. The minimum Gasteiger partial charge on any atom is -0.387 e. The van der Waals surface area contributed by atoms with Gasteiger partial charge in [0.25, 0.3) is 0 Å². The number of hydrogen-bond acceptors (Lipinski definition) is 5. The lowest BCUT2D eigenvalue weighted by Gasteiger charge is -2.15. The van der Waals surface area contributed by atoms with Crippen molar-refractivity contribution in [3.63, 3.8) is 0 Å². The van der Waals surface area contributed by atoms with Crippen LogP contribution in [-0.2, 0) is 9.59 Å². The standard InChI is InChI=1S/C5H8O5S/c6-1-2(7)3(8)4(9)5(10)11/h1-4,7-9H,(H,10,11)/t2-,3+,4+/m1/s1. The van der Waals surface area contributed by atoms with E-state index < -0.39 is 23.4 Å². The zero-order valence-corrected chi connectivity index (χ0v) is 6.31. The van der Waals surface area contributed by atoms with Crippen LogP contribution in [0, 0.1) is 0 Å². The van der Waals surface area contributed by atoms with E-state index in [2.05, 4.69) is 12.6 Å². The molecule has 0 aliphatic rings. The van der Waals surface area contributed by atoms with Gasteiger partial charge in [0, 0.05) is 0 Å². The molecule has 0 rings (SSSR count). The van der Waals surface area contributed by atoms with Crippen LogP contribution in [0.15, 0.2) is 0 Å². The second-order valence-corrected chi connectivity index (χ2v) is 2.34. The predicted molar refractivity (Wildman–Crippen MR) is 38.1 cm³/mol. The second-order valence-electron chi connectivity index (χ2n) is 1.90. The largest absolute Gasteiger partial charge is 0.387 e. The Balaban J connectivity index is 4.11. The van der Waals surface area contributed by atoms with Gasteiger partial charge in [-0.3, -0.25) is 4.79 Å². The molecule has 0 amide bonds. The maximum Gasteiger partial charge on any atom is 0.217 e. The molecule has 0 fully saturated rings. The molecule has 0 bridgehead atoms. The molecule has 0 heterocycles. The number of thiol groups is 1. The molecule has 0 aromatic carbocycles. The van der Waals surface area contributed by atoms with Crippen LogP contribution >= 0.6 is 12.6 Å². The molecule has 0 unspecified atom stereocenters. The summed E-state index contributed by atoms with van der Waals surface area (Å²) in [6, 6.07) is 0. The fourth-order valence-corrected chi connectivity index (χ4v) is 0.566. The van der Waals surface area contributed by atoms with Crippen LogP contribution in [0.25, 0.3) is 0 Å². The average Bonchev–Trinajstić information content (AvgIpc) is 2.00. The summed E-state index contributed by atoms with van der Waals surface area (Å²) in [6.07, 6.45) is -5.39. The van der Waals surface area contributed by atoms with Gasteiger partial charge in [-0.05, 0) is 0 Å². The lowest BCUT2D eigenvalue weighted by molar-refractivity contribution is -0.135. The van der Waals surface area contributed by atoms with Gasteiger partial charge in [-0.2, -0.15) is 0 Å². The molecule has 11 heavy (non-hydrogen) atoms. The van der Waals surface area contributed by atoms with Crippen LogP contribution in [0.5, 0.6) is 0 Å². The summed E-state index contributed by atoms with van der Waals surface area (Å²) in [7, 11) is 0. The number of aldehydes is 1. The van der Waals surface area contributed by atoms with E-state index in [1.165, 1.54) is 0 Å². The highest BCUT2D eigenvalue weighted by Gasteiger charge is 2.27. The molecule has 0 aliphatic heterocycles. The summed E-state index contributed by atoms with van der Waals surface area (Å²) < 4.78 is 0. The minimum atomic E-state index is -1.83. The third kappa shape index (κ3) is 2.98. The third-order valence-electron chi connectivity index (χ3n) is 1.07. The smallest absolute Gasteiger partial charge is 0.217 e. The van der Waals surface area contributed by atoms with Gasteiger partial charge in [-0.15, -0.1) is 12.6 Å². The van der Waals surface area contributed by atoms with E-state index in [0.717, 1.165) is 0 Å². The Morgan fingerprint density at radius 2 is 1.82 bits per heavy atom. The monoisotopic (exact) mass is 180 g/mol. The van der Waals surface area contributed by atoms with E-state index in [9.17, 15) is 9.59 Å². The molecular formula is C5H8O5S. The number of aliphatic hydroxyl groups excluding tert-OH is 3. The summed E-state index contributed by atoms with van der Waals surface area (Å²) in [5.41, 5.74) is 0. The van der Waals surface area contributed by atoms with Crippen molar-refractivity contribution < 1.29 is 24.9 Å². The van der Waals surface area contributed by atoms with E-state index in [4.69, 9.17) is 15.3 Å². The molecule has 0 aromatic rings. The van der Waals surface area contributed by atoms with Crippen molar-refractivity contribution in [3.8, 4) is 0 Å². The van der Waals surface area contributed by atoms with Crippen LogP contribution < -0.4 is 0 Å². The molecule has 0 aromatic heterocycles. The van der Waals surface area contributed by atoms with Gasteiger partial charge in [0.05, 0.1) is 0 Å². The van der Waals surface area contributed by atoms with Crippen LogP contribution in [0.1, 0.15) is 0 Å². The van der Waals surface area contributed by atoms with E-state index >= 15 is 0 Å². The van der Waals surface area contributed by atoms with Gasteiger partial charge in [-0.1, -0.05) is 0 Å². The van der Waals surface area contributed by atoms with Gasteiger partial charge < -0.3 is 20.1 Å². The Kier molecular flexibility index (Phi) is 4.27. The number of carbonyl (C=O) groups is 2. The highest BCUT2D eigenvalue weighted by molar-refractivity contribution is 7.96. The molecule has 6 heteroatoms. The summed E-state index contributed by atoms with van der Waals surface area (Å²) >= 11 is 3.19. The van der Waals surface area contributed by atoms with Crippen molar-refractivity contribution in [1.82, 2.24) is 0 Å². The summed E-state index contributed by atoms with van der Waals surface area (Å²) in [4.78, 5) is 20.0. The second kappa shape index (κ2) is 4.45. The molecule has 0 saturated carbocycles. The van der Waals surface area contributed by atoms with Gasteiger partial charge in [0.1, 0.15) is 12.2 Å². The van der Waals surface area contributed by atoms with Crippen molar-refractivity contribution >= 4 is 24.0 Å². The van der Waals surface area contributed by atoms with E-state index in [1.807, 2.05) is 0 Å². The molecule has 64 valence electrons. The quantitative estimate of drug-likeness (QED) is 0.289. The Hall–Kier alpha value is -0.430. The lowest BCUT2D eigenvalue weighted by atomic mass is 10.1. The normalized spacial score (nSPS) is 18.5. The van der Waals surface area contributed by atoms with Crippen LogP contribution in [0.3, 0.4) is 0 Å².